The summed E-state index contributed by atoms with van der Waals surface area (Å²) in [5.74, 6) is -0.507. The van der Waals surface area contributed by atoms with Gasteiger partial charge in [-0.3, -0.25) is 4.79 Å². The van der Waals surface area contributed by atoms with Crippen molar-refractivity contribution >= 4 is 27.5 Å². The van der Waals surface area contributed by atoms with Gasteiger partial charge in [-0.25, -0.2) is 9.50 Å². The first-order valence-electron chi connectivity index (χ1n) is 8.23. The topological polar surface area (TPSA) is 59.3 Å². The molecule has 1 aromatic carbocycles. The van der Waals surface area contributed by atoms with Crippen molar-refractivity contribution in [1.29, 1.82) is 0 Å². The van der Waals surface area contributed by atoms with Gasteiger partial charge in [-0.05, 0) is 31.5 Å². The van der Waals surface area contributed by atoms with Crippen LogP contribution < -0.4 is 5.32 Å². The largest absolute Gasteiger partial charge is 0.433 e. The van der Waals surface area contributed by atoms with E-state index >= 15 is 0 Å². The summed E-state index contributed by atoms with van der Waals surface area (Å²) < 4.78 is 42.1. The zero-order chi connectivity index (χ0) is 19.8. The molecule has 0 aliphatic rings. The highest BCUT2D eigenvalue weighted by atomic mass is 79.9. The van der Waals surface area contributed by atoms with Gasteiger partial charge in [0.05, 0.1) is 11.9 Å². The Kier molecular flexibility index (Phi) is 5.23. The van der Waals surface area contributed by atoms with Gasteiger partial charge in [0.25, 0.3) is 5.91 Å². The predicted octanol–water partition coefficient (Wildman–Crippen LogP) is 4.71. The van der Waals surface area contributed by atoms with Crippen LogP contribution in [-0.2, 0) is 6.18 Å². The molecule has 2 heterocycles. The van der Waals surface area contributed by atoms with Crippen molar-refractivity contribution in [3.8, 4) is 11.3 Å². The average molecular weight is 441 g/mol. The number of halogens is 4. The lowest BCUT2D eigenvalue weighted by molar-refractivity contribution is -0.142. The molecule has 3 aromatic rings. The van der Waals surface area contributed by atoms with Crippen molar-refractivity contribution < 1.29 is 18.0 Å². The van der Waals surface area contributed by atoms with E-state index in [1.54, 1.807) is 24.3 Å². The smallest absolute Gasteiger partial charge is 0.349 e. The highest BCUT2D eigenvalue weighted by Gasteiger charge is 2.36. The standard InChI is InChI=1S/C18H16BrF3N4O/c1-3-10(2)24-17(27)13-9-23-26-15(18(20,21)22)8-14(25-16(13)26)11-4-6-12(19)7-5-11/h4-10H,3H2,1-2H3,(H,24,27)/t10-/m1/s1. The summed E-state index contributed by atoms with van der Waals surface area (Å²) in [7, 11) is 0. The van der Waals surface area contributed by atoms with E-state index < -0.39 is 17.8 Å². The molecule has 0 saturated heterocycles. The molecule has 0 radical (unpaired) electrons. The second kappa shape index (κ2) is 7.30. The minimum absolute atomic E-state index is 0.000221. The number of hydrogen-bond donors (Lipinski definition) is 1. The summed E-state index contributed by atoms with van der Waals surface area (Å²) in [6.45, 7) is 3.71. The Balaban J connectivity index is 2.19. The first kappa shape index (κ1) is 19.3. The van der Waals surface area contributed by atoms with Crippen LogP contribution in [0, 0.1) is 0 Å². The number of aromatic nitrogens is 3. The summed E-state index contributed by atoms with van der Waals surface area (Å²) >= 11 is 3.29. The maximum Gasteiger partial charge on any atom is 0.433 e. The molecule has 9 heteroatoms. The van der Waals surface area contributed by atoms with E-state index in [1.165, 1.54) is 0 Å². The molecule has 0 fully saturated rings. The number of benzene rings is 1. The van der Waals surface area contributed by atoms with E-state index in [2.05, 4.69) is 31.3 Å². The number of fused-ring (bicyclic) bond motifs is 1. The van der Waals surface area contributed by atoms with Crippen molar-refractivity contribution in [2.24, 2.45) is 0 Å². The van der Waals surface area contributed by atoms with Gasteiger partial charge in [0, 0.05) is 16.1 Å². The minimum Gasteiger partial charge on any atom is -0.349 e. The number of carbonyl (C=O) groups excluding carboxylic acids is 1. The summed E-state index contributed by atoms with van der Waals surface area (Å²) in [6.07, 6.45) is -2.85. The molecule has 3 rings (SSSR count). The lowest BCUT2D eigenvalue weighted by atomic mass is 10.1. The van der Waals surface area contributed by atoms with Gasteiger partial charge in [0.2, 0.25) is 0 Å². The van der Waals surface area contributed by atoms with Gasteiger partial charge in [-0.2, -0.15) is 18.3 Å². The van der Waals surface area contributed by atoms with E-state index in [0.717, 1.165) is 16.7 Å². The Morgan fingerprint density at radius 2 is 1.96 bits per heavy atom. The van der Waals surface area contributed by atoms with Crippen LogP contribution in [-0.4, -0.2) is 26.5 Å². The molecule has 2 aromatic heterocycles. The quantitative estimate of drug-likeness (QED) is 0.639. The second-order valence-electron chi connectivity index (χ2n) is 6.11. The van der Waals surface area contributed by atoms with Crippen molar-refractivity contribution in [3.05, 3.63) is 52.3 Å². The third kappa shape index (κ3) is 3.97. The van der Waals surface area contributed by atoms with Gasteiger partial charge in [0.15, 0.2) is 11.3 Å². The van der Waals surface area contributed by atoms with Gasteiger partial charge < -0.3 is 5.32 Å². The van der Waals surface area contributed by atoms with E-state index in [-0.39, 0.29) is 22.9 Å². The molecule has 1 atom stereocenters. The fourth-order valence-electron chi connectivity index (χ4n) is 2.50. The molecule has 1 N–H and O–H groups in total. The fourth-order valence-corrected chi connectivity index (χ4v) is 2.76. The number of rotatable bonds is 4. The molecule has 0 aliphatic heterocycles. The summed E-state index contributed by atoms with van der Waals surface area (Å²) in [6, 6.07) is 7.53. The Hall–Kier alpha value is -2.42. The number of carbonyl (C=O) groups is 1. The number of nitrogens with zero attached hydrogens (tertiary/aromatic N) is 3. The summed E-state index contributed by atoms with van der Waals surface area (Å²) in [5, 5.41) is 6.48. The Morgan fingerprint density at radius 1 is 1.30 bits per heavy atom. The van der Waals surface area contributed by atoms with E-state index in [4.69, 9.17) is 0 Å². The molecule has 142 valence electrons. The van der Waals surface area contributed by atoms with Crippen molar-refractivity contribution in [2.75, 3.05) is 0 Å². The van der Waals surface area contributed by atoms with Gasteiger partial charge in [-0.15, -0.1) is 0 Å². The van der Waals surface area contributed by atoms with E-state index in [1.807, 2.05) is 13.8 Å². The van der Waals surface area contributed by atoms with Crippen LogP contribution in [0.5, 0.6) is 0 Å². The van der Waals surface area contributed by atoms with Gasteiger partial charge in [-0.1, -0.05) is 35.0 Å². The Morgan fingerprint density at radius 3 is 2.56 bits per heavy atom. The van der Waals surface area contributed by atoms with E-state index in [9.17, 15) is 18.0 Å². The van der Waals surface area contributed by atoms with Crippen LogP contribution in [0.2, 0.25) is 0 Å². The number of alkyl halides is 3. The molecule has 0 bridgehead atoms. The van der Waals surface area contributed by atoms with Gasteiger partial charge in [0.1, 0.15) is 5.56 Å². The monoisotopic (exact) mass is 440 g/mol. The average Bonchev–Trinajstić information content (AvgIpc) is 3.04. The Labute approximate surface area is 161 Å². The zero-order valence-electron chi connectivity index (χ0n) is 14.5. The number of hydrogen-bond acceptors (Lipinski definition) is 3. The van der Waals surface area contributed by atoms with Crippen molar-refractivity contribution in [1.82, 2.24) is 19.9 Å². The second-order valence-corrected chi connectivity index (χ2v) is 7.02. The first-order chi connectivity index (χ1) is 12.7. The van der Waals surface area contributed by atoms with E-state index in [0.29, 0.717) is 16.5 Å². The third-order valence-corrected chi connectivity index (χ3v) is 4.67. The molecule has 0 aliphatic carbocycles. The van der Waals surface area contributed by atoms with Crippen LogP contribution in [0.15, 0.2) is 41.0 Å². The molecule has 1 amide bonds. The molecule has 27 heavy (non-hydrogen) atoms. The maximum absolute atomic E-state index is 13.6. The molecule has 0 spiro atoms. The summed E-state index contributed by atoms with van der Waals surface area (Å²) in [5.41, 5.74) is -0.516. The highest BCUT2D eigenvalue weighted by molar-refractivity contribution is 9.10. The Bertz CT molecular complexity index is 983. The van der Waals surface area contributed by atoms with Crippen molar-refractivity contribution in [3.63, 3.8) is 0 Å². The van der Waals surface area contributed by atoms with Crippen molar-refractivity contribution in [2.45, 2.75) is 32.5 Å². The van der Waals surface area contributed by atoms with Gasteiger partial charge >= 0.3 is 6.18 Å². The number of nitrogens with one attached hydrogen (secondary N) is 1. The minimum atomic E-state index is -4.65. The molecule has 0 saturated carbocycles. The highest BCUT2D eigenvalue weighted by Crippen LogP contribution is 2.33. The fraction of sp³-hybridized carbons (Fsp3) is 0.278. The van der Waals surface area contributed by atoms with Crippen LogP contribution in [0.3, 0.4) is 0 Å². The first-order valence-corrected chi connectivity index (χ1v) is 9.02. The zero-order valence-corrected chi connectivity index (χ0v) is 16.1. The predicted molar refractivity (Wildman–Crippen MR) is 98.3 cm³/mol. The van der Waals surface area contributed by atoms with Crippen LogP contribution in [0.1, 0.15) is 36.3 Å². The van der Waals surface area contributed by atoms with Crippen LogP contribution in [0.25, 0.3) is 16.9 Å². The lowest BCUT2D eigenvalue weighted by Crippen LogP contribution is -2.32. The molecular weight excluding hydrogens is 425 g/mol. The maximum atomic E-state index is 13.6. The van der Waals surface area contributed by atoms with Crippen LogP contribution >= 0.6 is 15.9 Å². The third-order valence-electron chi connectivity index (χ3n) is 4.14. The summed E-state index contributed by atoms with van der Waals surface area (Å²) in [4.78, 5) is 16.7. The normalized spacial score (nSPS) is 13.0. The molecule has 5 nitrogen and oxygen atoms in total. The van der Waals surface area contributed by atoms with Crippen LogP contribution in [0.4, 0.5) is 13.2 Å². The molecule has 0 unspecified atom stereocenters. The SMILES string of the molecule is CC[C@@H](C)NC(=O)c1cnn2c(C(F)(F)F)cc(-c3ccc(Br)cc3)nc12. The lowest BCUT2D eigenvalue weighted by Gasteiger charge is -2.13. The number of amides is 1. The molecular formula is C18H16BrF3N4O.